The molecule has 3 rings (SSSR count). The number of nitriles is 1. The van der Waals surface area contributed by atoms with Crippen molar-refractivity contribution in [3.63, 3.8) is 0 Å². The lowest BCUT2D eigenvalue weighted by Gasteiger charge is -2.13. The fourth-order valence-corrected chi connectivity index (χ4v) is 2.66. The minimum Gasteiger partial charge on any atom is -0.302 e. The minimum atomic E-state index is -0.444. The maximum atomic E-state index is 12.2. The van der Waals surface area contributed by atoms with Gasteiger partial charge in [-0.05, 0) is 23.3 Å². The number of nitrogens with one attached hydrogen (secondary N) is 2. The molecule has 1 aliphatic heterocycles. The fraction of sp³-hybridized carbons (Fsp3) is 0.0526. The molecule has 1 heterocycles. The third kappa shape index (κ3) is 3.87. The maximum Gasteiger partial charge on any atom is 0.328 e. The molecule has 6 nitrogen and oxygen atoms in total. The van der Waals surface area contributed by atoms with Crippen LogP contribution in [0.3, 0.4) is 0 Å². The van der Waals surface area contributed by atoms with Gasteiger partial charge in [0.15, 0.2) is 11.5 Å². The number of aliphatic imine (C=N–C) groups is 1. The molecule has 0 saturated carbocycles. The first-order chi connectivity index (χ1) is 12.6. The second-order valence-electron chi connectivity index (χ2n) is 5.50. The number of allylic oxidation sites excluding steroid dienone is 1. The molecule has 1 fully saturated rings. The Labute approximate surface area is 159 Å². The molecule has 0 atom stereocenters. The predicted molar refractivity (Wildman–Crippen MR) is 103 cm³/mol. The standard InChI is InChI=1S/C19H14BrN5O/c20-15-8-6-13(7-9-15)11-23-16(10-21)17-18(22)25(19(26)24-17)12-14-4-2-1-3-5-14/h1-9,11,22H,12H2,(H,24,26)/b17-16+,22-18?,23-11?. The van der Waals surface area contributed by atoms with Gasteiger partial charge in [-0.2, -0.15) is 5.26 Å². The molecular weight excluding hydrogens is 394 g/mol. The fourth-order valence-electron chi connectivity index (χ4n) is 2.40. The molecule has 2 aromatic rings. The van der Waals surface area contributed by atoms with Crippen LogP contribution in [0, 0.1) is 16.7 Å². The van der Waals surface area contributed by atoms with Crippen molar-refractivity contribution in [2.75, 3.05) is 0 Å². The van der Waals surface area contributed by atoms with Gasteiger partial charge in [-0.15, -0.1) is 0 Å². The summed E-state index contributed by atoms with van der Waals surface area (Å²) >= 11 is 3.35. The normalized spacial score (nSPS) is 15.9. The second-order valence-corrected chi connectivity index (χ2v) is 6.41. The molecule has 0 aliphatic carbocycles. The van der Waals surface area contributed by atoms with E-state index in [0.717, 1.165) is 15.6 Å². The van der Waals surface area contributed by atoms with Crippen LogP contribution < -0.4 is 5.32 Å². The minimum absolute atomic E-state index is 0.0122. The number of halogens is 1. The van der Waals surface area contributed by atoms with Crippen molar-refractivity contribution in [2.45, 2.75) is 6.54 Å². The largest absolute Gasteiger partial charge is 0.328 e. The van der Waals surface area contributed by atoms with E-state index in [4.69, 9.17) is 5.41 Å². The topological polar surface area (TPSA) is 92.3 Å². The van der Waals surface area contributed by atoms with E-state index in [9.17, 15) is 10.1 Å². The summed E-state index contributed by atoms with van der Waals surface area (Å²) in [5, 5.41) is 20.2. The Kier molecular flexibility index (Phi) is 5.25. The molecular formula is C19H14BrN5O. The molecule has 7 heteroatoms. The van der Waals surface area contributed by atoms with Crippen LogP contribution in [0.2, 0.25) is 0 Å². The Morgan fingerprint density at radius 1 is 1.23 bits per heavy atom. The molecule has 0 radical (unpaired) electrons. The van der Waals surface area contributed by atoms with Crippen molar-refractivity contribution < 1.29 is 4.79 Å². The SMILES string of the molecule is N#C/C(N=Cc1ccc(Br)cc1)=C1\NC(=O)N(Cc2ccccc2)C1=N. The van der Waals surface area contributed by atoms with Crippen molar-refractivity contribution >= 4 is 34.0 Å². The van der Waals surface area contributed by atoms with Gasteiger partial charge in [-0.1, -0.05) is 58.4 Å². The first-order valence-corrected chi connectivity index (χ1v) is 8.53. The smallest absolute Gasteiger partial charge is 0.302 e. The van der Waals surface area contributed by atoms with Gasteiger partial charge in [-0.25, -0.2) is 9.79 Å². The van der Waals surface area contributed by atoms with E-state index in [-0.39, 0.29) is 23.8 Å². The van der Waals surface area contributed by atoms with E-state index in [2.05, 4.69) is 26.2 Å². The molecule has 0 unspecified atom stereocenters. The van der Waals surface area contributed by atoms with Crippen molar-refractivity contribution in [1.82, 2.24) is 10.2 Å². The summed E-state index contributed by atoms with van der Waals surface area (Å²) in [6.45, 7) is 0.254. The zero-order valence-electron chi connectivity index (χ0n) is 13.6. The Balaban J connectivity index is 1.84. The van der Waals surface area contributed by atoms with E-state index < -0.39 is 6.03 Å². The summed E-state index contributed by atoms with van der Waals surface area (Å²) in [7, 11) is 0. The molecule has 26 heavy (non-hydrogen) atoms. The Bertz CT molecular complexity index is 942. The Hall–Kier alpha value is -3.24. The Morgan fingerprint density at radius 2 is 1.92 bits per heavy atom. The zero-order chi connectivity index (χ0) is 18.5. The van der Waals surface area contributed by atoms with E-state index in [1.165, 1.54) is 11.1 Å². The molecule has 128 valence electrons. The number of amidine groups is 1. The van der Waals surface area contributed by atoms with Crippen molar-refractivity contribution in [2.24, 2.45) is 4.99 Å². The predicted octanol–water partition coefficient (Wildman–Crippen LogP) is 3.81. The van der Waals surface area contributed by atoms with Crippen molar-refractivity contribution in [1.29, 1.82) is 10.7 Å². The lowest BCUT2D eigenvalue weighted by atomic mass is 10.2. The lowest BCUT2D eigenvalue weighted by Crippen LogP contribution is -2.29. The molecule has 0 aromatic heterocycles. The average Bonchev–Trinajstić information content (AvgIpc) is 2.93. The van der Waals surface area contributed by atoms with Gasteiger partial charge in [0.05, 0.1) is 6.54 Å². The van der Waals surface area contributed by atoms with E-state index in [0.29, 0.717) is 0 Å². The molecule has 0 bridgehead atoms. The summed E-state index contributed by atoms with van der Waals surface area (Å²) in [6.07, 6.45) is 1.53. The quantitative estimate of drug-likeness (QED) is 0.595. The highest BCUT2D eigenvalue weighted by molar-refractivity contribution is 9.10. The third-order valence-electron chi connectivity index (χ3n) is 3.72. The van der Waals surface area contributed by atoms with Crippen LogP contribution in [0.15, 0.2) is 75.5 Å². The number of nitrogens with zero attached hydrogens (tertiary/aromatic N) is 3. The van der Waals surface area contributed by atoms with Gasteiger partial charge in [0.1, 0.15) is 11.8 Å². The average molecular weight is 408 g/mol. The molecule has 2 amide bonds. The van der Waals surface area contributed by atoms with Gasteiger partial charge in [-0.3, -0.25) is 10.3 Å². The third-order valence-corrected chi connectivity index (χ3v) is 4.25. The summed E-state index contributed by atoms with van der Waals surface area (Å²) in [5.74, 6) is -0.0663. The van der Waals surface area contributed by atoms with Crippen LogP contribution in [0.25, 0.3) is 0 Å². The summed E-state index contributed by atoms with van der Waals surface area (Å²) < 4.78 is 0.940. The van der Waals surface area contributed by atoms with Crippen LogP contribution in [-0.4, -0.2) is 23.0 Å². The van der Waals surface area contributed by atoms with Gasteiger partial charge >= 0.3 is 6.03 Å². The monoisotopic (exact) mass is 407 g/mol. The van der Waals surface area contributed by atoms with E-state index in [1.54, 1.807) is 0 Å². The first kappa shape index (κ1) is 17.6. The van der Waals surface area contributed by atoms with Crippen LogP contribution in [0.4, 0.5) is 4.79 Å². The highest BCUT2D eigenvalue weighted by Gasteiger charge is 2.32. The molecule has 1 saturated heterocycles. The van der Waals surface area contributed by atoms with E-state index in [1.807, 2.05) is 60.7 Å². The second kappa shape index (κ2) is 7.76. The number of urea groups is 1. The number of hydrogen-bond donors (Lipinski definition) is 2. The van der Waals surface area contributed by atoms with Gasteiger partial charge in [0.25, 0.3) is 0 Å². The van der Waals surface area contributed by atoms with Crippen LogP contribution >= 0.6 is 15.9 Å². The van der Waals surface area contributed by atoms with Crippen LogP contribution in [0.5, 0.6) is 0 Å². The number of benzene rings is 2. The number of carbonyl (C=O) groups excluding carboxylic acids is 1. The summed E-state index contributed by atoms with van der Waals surface area (Å²) in [6, 6.07) is 18.3. The van der Waals surface area contributed by atoms with Gasteiger partial charge in [0, 0.05) is 10.7 Å². The molecule has 2 N–H and O–H groups in total. The highest BCUT2D eigenvalue weighted by atomic mass is 79.9. The maximum absolute atomic E-state index is 12.2. The number of carbonyl (C=O) groups is 1. The zero-order valence-corrected chi connectivity index (χ0v) is 15.2. The molecule has 2 aromatic carbocycles. The first-order valence-electron chi connectivity index (χ1n) is 7.74. The van der Waals surface area contributed by atoms with Gasteiger partial charge in [0.2, 0.25) is 0 Å². The summed E-state index contributed by atoms with van der Waals surface area (Å²) in [5.41, 5.74) is 1.80. The molecule has 0 spiro atoms. The Morgan fingerprint density at radius 3 is 2.58 bits per heavy atom. The number of amides is 2. The van der Waals surface area contributed by atoms with Crippen LogP contribution in [0.1, 0.15) is 11.1 Å². The van der Waals surface area contributed by atoms with Gasteiger partial charge < -0.3 is 5.32 Å². The lowest BCUT2D eigenvalue weighted by molar-refractivity contribution is 0.227. The number of rotatable bonds is 4. The highest BCUT2D eigenvalue weighted by Crippen LogP contribution is 2.18. The van der Waals surface area contributed by atoms with E-state index >= 15 is 0 Å². The summed E-state index contributed by atoms with van der Waals surface area (Å²) in [4.78, 5) is 17.6. The number of hydrogen-bond acceptors (Lipinski definition) is 4. The van der Waals surface area contributed by atoms with Crippen LogP contribution in [-0.2, 0) is 6.54 Å². The molecule has 1 aliphatic rings. The van der Waals surface area contributed by atoms with Crippen molar-refractivity contribution in [3.8, 4) is 6.07 Å². The van der Waals surface area contributed by atoms with Crippen molar-refractivity contribution in [3.05, 3.63) is 81.6 Å².